The number of allylic oxidation sites excluding steroid dienone is 2. The topological polar surface area (TPSA) is 12.9 Å². The van der Waals surface area contributed by atoms with Gasteiger partial charge in [-0.05, 0) is 61.1 Å². The molecule has 2 rings (SSSR count). The van der Waals surface area contributed by atoms with Crippen LogP contribution in [0.5, 0.6) is 0 Å². The minimum absolute atomic E-state index is 1.16. The van der Waals surface area contributed by atoms with E-state index in [9.17, 15) is 0 Å². The molecule has 0 saturated carbocycles. The van der Waals surface area contributed by atoms with Gasteiger partial charge in [-0.2, -0.15) is 0 Å². The number of aromatic nitrogens is 1. The van der Waals surface area contributed by atoms with Crippen LogP contribution in [0.1, 0.15) is 225 Å². The molecule has 0 aliphatic carbocycles. The summed E-state index contributed by atoms with van der Waals surface area (Å²) in [5.74, 6) is 0. The minimum Gasteiger partial charge on any atom is -0.294 e. The Morgan fingerprint density at radius 3 is 1.04 bits per heavy atom. The number of hydrogen-bond acceptors (Lipinski definition) is 1. The maximum Gasteiger partial charge on any atom is 0.102 e. The Balaban J connectivity index is 1.53. The van der Waals surface area contributed by atoms with Crippen LogP contribution in [0.3, 0.4) is 0 Å². The largest absolute Gasteiger partial charge is 0.294 e. The molecule has 0 N–H and O–H groups in total. The summed E-state index contributed by atoms with van der Waals surface area (Å²) in [6.07, 6.45) is 57.5. The zero-order chi connectivity index (χ0) is 34.1. The van der Waals surface area contributed by atoms with Crippen LogP contribution in [-0.2, 0) is 0 Å². The molecule has 0 radical (unpaired) electrons. The van der Waals surface area contributed by atoms with Gasteiger partial charge in [0.2, 0.25) is 0 Å². The van der Waals surface area contributed by atoms with Gasteiger partial charge in [-0.25, -0.2) is 0 Å². The maximum absolute atomic E-state index is 4.23. The zero-order valence-electron chi connectivity index (χ0n) is 32.7. The Morgan fingerprint density at radius 1 is 0.438 bits per heavy atom. The lowest BCUT2D eigenvalue weighted by molar-refractivity contribution is -0.874. The fourth-order valence-corrected chi connectivity index (χ4v) is 7.80. The van der Waals surface area contributed by atoms with Gasteiger partial charge in [0.25, 0.3) is 0 Å². The molecule has 0 saturated heterocycles. The molecule has 0 fully saturated rings. The second kappa shape index (κ2) is 31.6. The summed E-state index contributed by atoms with van der Waals surface area (Å²) < 4.78 is 1.17. The molecule has 1 aromatic heterocycles. The van der Waals surface area contributed by atoms with E-state index in [0.717, 1.165) is 6.54 Å². The Morgan fingerprint density at radius 2 is 0.750 bits per heavy atom. The van der Waals surface area contributed by atoms with E-state index in [-0.39, 0.29) is 0 Å². The van der Waals surface area contributed by atoms with E-state index in [0.29, 0.717) is 0 Å². The van der Waals surface area contributed by atoms with E-state index in [4.69, 9.17) is 0 Å². The van der Waals surface area contributed by atoms with Crippen LogP contribution in [-0.4, -0.2) is 29.1 Å². The van der Waals surface area contributed by atoms with Gasteiger partial charge in [-0.1, -0.05) is 194 Å². The molecule has 48 heavy (non-hydrogen) atoms. The summed E-state index contributed by atoms with van der Waals surface area (Å²) in [6, 6.07) is 4.31. The third-order valence-electron chi connectivity index (χ3n) is 11.2. The number of unbranched alkanes of at least 4 members (excludes halogenated alkanes) is 30. The first-order chi connectivity index (χ1) is 23.8. The molecule has 1 aliphatic heterocycles. The van der Waals surface area contributed by atoms with E-state index in [1.807, 2.05) is 12.4 Å². The third kappa shape index (κ3) is 23.1. The Kier molecular flexibility index (Phi) is 28.1. The molecule has 0 bridgehead atoms. The number of pyridine rings is 1. The van der Waals surface area contributed by atoms with Crippen LogP contribution in [0, 0.1) is 0 Å². The van der Waals surface area contributed by atoms with E-state index in [1.165, 1.54) is 234 Å². The summed E-state index contributed by atoms with van der Waals surface area (Å²) in [5, 5.41) is 0. The third-order valence-corrected chi connectivity index (χ3v) is 11.2. The number of rotatable bonds is 35. The smallest absolute Gasteiger partial charge is 0.102 e. The number of nitrogens with zero attached hydrogens (tertiary/aromatic N) is 2. The van der Waals surface area contributed by atoms with Crippen LogP contribution in [0.25, 0.3) is 5.57 Å². The van der Waals surface area contributed by atoms with E-state index >= 15 is 0 Å². The van der Waals surface area contributed by atoms with Crippen molar-refractivity contribution in [2.75, 3.05) is 19.6 Å². The molecule has 2 heterocycles. The summed E-state index contributed by atoms with van der Waals surface area (Å²) >= 11 is 0. The second-order valence-corrected chi connectivity index (χ2v) is 15.7. The molecule has 0 unspecified atom stereocenters. The summed E-state index contributed by atoms with van der Waals surface area (Å²) in [4.78, 5) is 4.23. The highest BCUT2D eigenvalue weighted by molar-refractivity contribution is 5.74. The van der Waals surface area contributed by atoms with Gasteiger partial charge < -0.3 is 0 Å². The lowest BCUT2D eigenvalue weighted by Crippen LogP contribution is -2.45. The molecule has 2 nitrogen and oxygen atoms in total. The van der Waals surface area contributed by atoms with Crippen molar-refractivity contribution in [3.8, 4) is 0 Å². The molecule has 0 aromatic carbocycles. The fourth-order valence-electron chi connectivity index (χ4n) is 7.80. The van der Waals surface area contributed by atoms with Crippen LogP contribution in [0.2, 0.25) is 0 Å². The predicted octanol–water partition coefficient (Wildman–Crippen LogP) is 15.3. The minimum atomic E-state index is 1.16. The van der Waals surface area contributed by atoms with Crippen molar-refractivity contribution in [3.05, 3.63) is 48.4 Å². The van der Waals surface area contributed by atoms with Gasteiger partial charge in [0.05, 0.1) is 19.3 Å². The van der Waals surface area contributed by atoms with Crippen molar-refractivity contribution in [3.63, 3.8) is 0 Å². The van der Waals surface area contributed by atoms with E-state index < -0.39 is 0 Å². The van der Waals surface area contributed by atoms with E-state index in [1.54, 1.807) is 0 Å². The Hall–Kier alpha value is -1.41. The summed E-state index contributed by atoms with van der Waals surface area (Å²) in [6.45, 7) is 8.40. The van der Waals surface area contributed by atoms with Crippen molar-refractivity contribution in [2.45, 2.75) is 219 Å². The van der Waals surface area contributed by atoms with Gasteiger partial charge >= 0.3 is 0 Å². The van der Waals surface area contributed by atoms with Crippen molar-refractivity contribution in [1.82, 2.24) is 4.98 Å². The summed E-state index contributed by atoms with van der Waals surface area (Å²) in [7, 11) is 0. The first-order valence-corrected chi connectivity index (χ1v) is 22.0. The van der Waals surface area contributed by atoms with Gasteiger partial charge in [-0.3, -0.25) is 9.47 Å². The first-order valence-electron chi connectivity index (χ1n) is 22.0. The molecule has 0 spiro atoms. The molecule has 0 atom stereocenters. The van der Waals surface area contributed by atoms with Crippen molar-refractivity contribution >= 4 is 5.57 Å². The lowest BCUT2D eigenvalue weighted by atomic mass is 10.0. The highest BCUT2D eigenvalue weighted by atomic mass is 15.3. The van der Waals surface area contributed by atoms with Crippen molar-refractivity contribution in [1.29, 1.82) is 0 Å². The molecule has 1 aromatic rings. The van der Waals surface area contributed by atoms with Crippen LogP contribution in [0.15, 0.2) is 42.9 Å². The number of hydrogen-bond donors (Lipinski definition) is 0. The average molecular weight is 664 g/mol. The van der Waals surface area contributed by atoms with Gasteiger partial charge in [-0.15, -0.1) is 0 Å². The standard InChI is InChI=1S/C46H83N2/c1-3-5-7-9-11-13-15-17-19-21-23-25-27-29-31-33-41-48(43-37-46(38-44-48)45-35-39-47-40-36-45)42-34-32-30-28-26-24-22-20-18-16-14-12-10-8-6-4-2/h35-40,43H,3-34,41-42,44H2,1-2H3/q+1. The first kappa shape index (κ1) is 42.8. The predicted molar refractivity (Wildman–Crippen MR) is 215 cm³/mol. The molecule has 2 heteroatoms. The van der Waals surface area contributed by atoms with Crippen molar-refractivity contribution in [2.24, 2.45) is 0 Å². The van der Waals surface area contributed by atoms with Gasteiger partial charge in [0.15, 0.2) is 0 Å². The van der Waals surface area contributed by atoms with E-state index in [2.05, 4.69) is 49.3 Å². The quantitative estimate of drug-likeness (QED) is 0.0520. The molecule has 1 aliphatic rings. The lowest BCUT2D eigenvalue weighted by Gasteiger charge is -2.36. The average Bonchev–Trinajstić information content (AvgIpc) is 3.12. The van der Waals surface area contributed by atoms with Crippen LogP contribution in [0.4, 0.5) is 0 Å². The SMILES string of the molecule is CCCCCCCCCCCCCCCCCC[N+]1(CCCCCCCCCCCCCCCCCC)C=CC(c2ccncc2)=CC1. The Bertz CT molecular complexity index is 835. The normalized spacial score (nSPS) is 14.1. The van der Waals surface area contributed by atoms with Crippen LogP contribution < -0.4 is 0 Å². The monoisotopic (exact) mass is 664 g/mol. The molecular formula is C46H83N2+. The van der Waals surface area contributed by atoms with Gasteiger partial charge in [0.1, 0.15) is 6.54 Å². The summed E-state index contributed by atoms with van der Waals surface area (Å²) in [5.41, 5.74) is 2.69. The van der Waals surface area contributed by atoms with Gasteiger partial charge in [0, 0.05) is 12.4 Å². The molecular weight excluding hydrogens is 581 g/mol. The Labute approximate surface area is 301 Å². The second-order valence-electron chi connectivity index (χ2n) is 15.7. The van der Waals surface area contributed by atoms with Crippen LogP contribution >= 0.6 is 0 Å². The molecule has 0 amide bonds. The fraction of sp³-hybridized carbons (Fsp3) is 0.804. The maximum atomic E-state index is 4.23. The highest BCUT2D eigenvalue weighted by Gasteiger charge is 2.26. The molecule has 276 valence electrons. The number of quaternary nitrogens is 1. The highest BCUT2D eigenvalue weighted by Crippen LogP contribution is 2.26. The van der Waals surface area contributed by atoms with Crippen molar-refractivity contribution < 1.29 is 4.48 Å². The zero-order valence-corrected chi connectivity index (χ0v) is 32.7.